The fourth-order valence-corrected chi connectivity index (χ4v) is 5.40. The Kier molecular flexibility index (Phi) is 9.80. The van der Waals surface area contributed by atoms with E-state index in [2.05, 4.69) is 5.32 Å². The lowest BCUT2D eigenvalue weighted by atomic mass is 10.0. The van der Waals surface area contributed by atoms with Gasteiger partial charge in [-0.2, -0.15) is 0 Å². The summed E-state index contributed by atoms with van der Waals surface area (Å²) in [5, 5.41) is 3.50. The molecule has 0 radical (unpaired) electrons. The van der Waals surface area contributed by atoms with Gasteiger partial charge in [-0.05, 0) is 62.6 Å². The Morgan fingerprint density at radius 3 is 2.13 bits per heavy atom. The Bertz CT molecular complexity index is 1400. The van der Waals surface area contributed by atoms with Crippen LogP contribution in [-0.2, 0) is 32.6 Å². The molecule has 1 N–H and O–H groups in total. The minimum Gasteiger partial charge on any atom is -0.350 e. The van der Waals surface area contributed by atoms with Crippen molar-refractivity contribution in [1.82, 2.24) is 10.2 Å². The molecule has 9 heteroatoms. The van der Waals surface area contributed by atoms with E-state index in [1.54, 1.807) is 49.4 Å². The molecule has 0 heterocycles. The van der Waals surface area contributed by atoms with Gasteiger partial charge in [0.15, 0.2) is 0 Å². The van der Waals surface area contributed by atoms with Crippen molar-refractivity contribution in [3.63, 3.8) is 0 Å². The number of carbonyl (C=O) groups excluding carboxylic acids is 2. The molecule has 3 aromatic carbocycles. The topological polar surface area (TPSA) is 86.8 Å². The molecule has 3 rings (SSSR count). The Morgan fingerprint density at radius 2 is 1.54 bits per heavy atom. The third kappa shape index (κ3) is 8.83. The number of benzene rings is 3. The molecule has 0 aliphatic carbocycles. The summed E-state index contributed by atoms with van der Waals surface area (Å²) in [6.07, 6.45) is 1.32. The normalized spacial score (nSPS) is 12.5. The maximum atomic E-state index is 14.1. The highest BCUT2D eigenvalue weighted by molar-refractivity contribution is 7.92. The van der Waals surface area contributed by atoms with Crippen LogP contribution in [0.15, 0.2) is 78.9 Å². The van der Waals surface area contributed by atoms with Gasteiger partial charge < -0.3 is 10.2 Å². The summed E-state index contributed by atoms with van der Waals surface area (Å²) in [4.78, 5) is 29.2. The van der Waals surface area contributed by atoms with Gasteiger partial charge in [0.2, 0.25) is 21.8 Å². The maximum Gasteiger partial charge on any atom is 0.244 e. The van der Waals surface area contributed by atoms with Crippen molar-refractivity contribution in [2.24, 2.45) is 0 Å². The van der Waals surface area contributed by atoms with Crippen LogP contribution in [0.5, 0.6) is 0 Å². The highest BCUT2D eigenvalue weighted by Gasteiger charge is 2.34. The largest absolute Gasteiger partial charge is 0.350 e. The minimum absolute atomic E-state index is 0.0693. The third-order valence-corrected chi connectivity index (χ3v) is 7.44. The van der Waals surface area contributed by atoms with Gasteiger partial charge in [-0.1, -0.05) is 72.3 Å². The fraction of sp³-hybridized carbons (Fsp3) is 0.333. The van der Waals surface area contributed by atoms with Crippen LogP contribution in [-0.4, -0.2) is 49.5 Å². The summed E-state index contributed by atoms with van der Waals surface area (Å²) in [7, 11) is -3.82. The smallest absolute Gasteiger partial charge is 0.244 e. The van der Waals surface area contributed by atoms with Crippen LogP contribution < -0.4 is 9.62 Å². The van der Waals surface area contributed by atoms with Gasteiger partial charge in [-0.15, -0.1) is 0 Å². The fourth-order valence-electron chi connectivity index (χ4n) is 4.28. The number of amides is 2. The average molecular weight is 570 g/mol. The van der Waals surface area contributed by atoms with Crippen molar-refractivity contribution in [2.45, 2.75) is 52.2 Å². The van der Waals surface area contributed by atoms with E-state index in [1.165, 1.54) is 4.90 Å². The van der Waals surface area contributed by atoms with Crippen LogP contribution in [0.1, 0.15) is 37.5 Å². The highest BCUT2D eigenvalue weighted by Crippen LogP contribution is 2.24. The van der Waals surface area contributed by atoms with Gasteiger partial charge in [0.25, 0.3) is 0 Å². The summed E-state index contributed by atoms with van der Waals surface area (Å²) in [6, 6.07) is 22.6. The van der Waals surface area contributed by atoms with E-state index in [4.69, 9.17) is 11.6 Å². The van der Waals surface area contributed by atoms with Crippen molar-refractivity contribution in [1.29, 1.82) is 0 Å². The summed E-state index contributed by atoms with van der Waals surface area (Å²) in [5.74, 6) is -0.836. The van der Waals surface area contributed by atoms with Crippen molar-refractivity contribution in [2.75, 3.05) is 17.1 Å². The molecule has 0 aliphatic rings. The zero-order chi connectivity index (χ0) is 28.8. The monoisotopic (exact) mass is 569 g/mol. The van der Waals surface area contributed by atoms with E-state index in [1.807, 2.05) is 57.2 Å². The Labute approximate surface area is 236 Å². The van der Waals surface area contributed by atoms with Crippen LogP contribution >= 0.6 is 11.6 Å². The quantitative estimate of drug-likeness (QED) is 0.373. The maximum absolute atomic E-state index is 14.1. The number of aryl methyl sites for hydroxylation is 1. The van der Waals surface area contributed by atoms with E-state index >= 15 is 0 Å². The number of nitrogens with one attached hydrogen (secondary N) is 1. The predicted octanol–water partition coefficient (Wildman–Crippen LogP) is 4.97. The molecule has 208 valence electrons. The lowest BCUT2D eigenvalue weighted by Crippen LogP contribution is -2.56. The Morgan fingerprint density at radius 1 is 0.923 bits per heavy atom. The lowest BCUT2D eigenvalue weighted by molar-refractivity contribution is -0.140. The van der Waals surface area contributed by atoms with Gasteiger partial charge >= 0.3 is 0 Å². The molecular formula is C30H36ClN3O4S. The first-order chi connectivity index (χ1) is 18.2. The zero-order valence-corrected chi connectivity index (χ0v) is 24.6. The number of rotatable bonds is 10. The molecule has 1 atom stereocenters. The summed E-state index contributed by atoms with van der Waals surface area (Å²) >= 11 is 6.24. The Balaban J connectivity index is 2.09. The zero-order valence-electron chi connectivity index (χ0n) is 23.0. The first kappa shape index (κ1) is 30.2. The second-order valence-corrected chi connectivity index (χ2v) is 13.0. The van der Waals surface area contributed by atoms with Crippen LogP contribution in [0.3, 0.4) is 0 Å². The number of hydrogen-bond donors (Lipinski definition) is 1. The molecule has 0 saturated heterocycles. The molecule has 0 saturated carbocycles. The van der Waals surface area contributed by atoms with Gasteiger partial charge in [-0.3, -0.25) is 13.9 Å². The van der Waals surface area contributed by atoms with Gasteiger partial charge in [0.05, 0.1) is 11.9 Å². The van der Waals surface area contributed by atoms with Crippen molar-refractivity contribution in [3.05, 3.63) is 101 Å². The van der Waals surface area contributed by atoms with E-state index in [-0.39, 0.29) is 18.9 Å². The first-order valence-electron chi connectivity index (χ1n) is 12.7. The molecule has 7 nitrogen and oxygen atoms in total. The van der Waals surface area contributed by atoms with E-state index < -0.39 is 34.1 Å². The van der Waals surface area contributed by atoms with Gasteiger partial charge in [-0.25, -0.2) is 8.42 Å². The molecule has 0 bridgehead atoms. The first-order valence-corrected chi connectivity index (χ1v) is 14.9. The molecule has 2 amide bonds. The molecule has 0 aromatic heterocycles. The number of nitrogens with zero attached hydrogens (tertiary/aromatic N) is 2. The number of para-hydroxylation sites is 1. The number of anilines is 1. The molecule has 0 unspecified atom stereocenters. The molecule has 39 heavy (non-hydrogen) atoms. The molecule has 3 aromatic rings. The summed E-state index contributed by atoms with van der Waals surface area (Å²) in [5.41, 5.74) is 2.17. The van der Waals surface area contributed by atoms with Gasteiger partial charge in [0.1, 0.15) is 12.6 Å². The number of carbonyl (C=O) groups is 2. The average Bonchev–Trinajstić information content (AvgIpc) is 2.84. The molecule has 0 spiro atoms. The van der Waals surface area contributed by atoms with Crippen molar-refractivity contribution >= 4 is 39.1 Å². The summed E-state index contributed by atoms with van der Waals surface area (Å²) in [6.45, 7) is 7.01. The molecule has 0 fully saturated rings. The third-order valence-electron chi connectivity index (χ3n) is 6.07. The SMILES string of the molecule is Cc1ccccc1N(CC(=O)N(Cc1cccc(Cl)c1)[C@H](Cc1ccccc1)C(=O)NC(C)(C)C)S(C)(=O)=O. The highest BCUT2D eigenvalue weighted by atomic mass is 35.5. The Hall–Kier alpha value is -3.36. The second kappa shape index (κ2) is 12.7. The van der Waals surface area contributed by atoms with Gasteiger partial charge in [0, 0.05) is 23.5 Å². The lowest BCUT2D eigenvalue weighted by Gasteiger charge is -2.35. The van der Waals surface area contributed by atoms with Crippen molar-refractivity contribution < 1.29 is 18.0 Å². The second-order valence-electron chi connectivity index (χ2n) is 10.7. The molecule has 0 aliphatic heterocycles. The van der Waals surface area contributed by atoms with Crippen LogP contribution in [0.25, 0.3) is 0 Å². The molecular weight excluding hydrogens is 534 g/mol. The van der Waals surface area contributed by atoms with Crippen LogP contribution in [0.2, 0.25) is 5.02 Å². The number of halogens is 1. The van der Waals surface area contributed by atoms with Crippen molar-refractivity contribution in [3.8, 4) is 0 Å². The number of hydrogen-bond acceptors (Lipinski definition) is 4. The number of sulfonamides is 1. The van der Waals surface area contributed by atoms with E-state index in [0.29, 0.717) is 16.3 Å². The predicted molar refractivity (Wildman–Crippen MR) is 157 cm³/mol. The van der Waals surface area contributed by atoms with Crippen LogP contribution in [0.4, 0.5) is 5.69 Å². The minimum atomic E-state index is -3.82. The summed E-state index contributed by atoms with van der Waals surface area (Å²) < 4.78 is 26.9. The van der Waals surface area contributed by atoms with E-state index in [0.717, 1.165) is 21.7 Å². The van der Waals surface area contributed by atoms with E-state index in [9.17, 15) is 18.0 Å². The van der Waals surface area contributed by atoms with Crippen LogP contribution in [0, 0.1) is 6.92 Å². The standard InChI is InChI=1S/C30H36ClN3O4S/c1-22-12-9-10-17-26(22)34(39(5,37)38)21-28(35)33(20-24-15-11-16-25(31)18-24)27(29(36)32-30(2,3)4)19-23-13-7-6-8-14-23/h6-18,27H,19-21H2,1-5H3,(H,32,36)/t27-/m1/s1.